The van der Waals surface area contributed by atoms with Gasteiger partial charge in [0.25, 0.3) is 10.2 Å². The molecule has 0 aliphatic rings. The summed E-state index contributed by atoms with van der Waals surface area (Å²) in [7, 11) is -4.06. The van der Waals surface area contributed by atoms with Crippen LogP contribution in [0.5, 0.6) is 0 Å². The first-order valence-electron chi connectivity index (χ1n) is 7.42. The molecule has 1 unspecified atom stereocenters. The Morgan fingerprint density at radius 2 is 2.36 bits per heavy atom. The molecule has 1 aromatic heterocycles. The molecule has 0 aliphatic carbocycles. The number of hydrogen-bond acceptors (Lipinski definition) is 8. The first-order chi connectivity index (χ1) is 12.6. The van der Waals surface area contributed by atoms with Crippen molar-refractivity contribution in [1.82, 2.24) is 20.5 Å². The number of aromatic nitrogens is 2. The molecule has 2 rings (SSSR count). The number of aliphatic imine (C=N–C) groups is 1. The lowest BCUT2D eigenvalue weighted by atomic mass is 10.3. The summed E-state index contributed by atoms with van der Waals surface area (Å²) in [6.45, 7) is -1.61. The van der Waals surface area contributed by atoms with Crippen molar-refractivity contribution in [2.45, 2.75) is 0 Å². The monoisotopic (exact) mass is 439 g/mol. The molecule has 1 heterocycles. The average Bonchev–Trinajstić information content (AvgIpc) is 3.02. The molecule has 0 bridgehead atoms. The molecule has 11 nitrogen and oxygen atoms in total. The van der Waals surface area contributed by atoms with Crippen LogP contribution in [0.25, 0.3) is 0 Å². The van der Waals surface area contributed by atoms with Crippen LogP contribution < -0.4 is 20.7 Å². The molecule has 14 heteroatoms. The topological polar surface area (TPSA) is 168 Å². The molecule has 136 valence electrons. The highest BCUT2D eigenvalue weighted by Crippen LogP contribution is 2.23. The fourth-order valence-electron chi connectivity index (χ4n) is 1.53. The number of hydrogen-bond donors (Lipinski definition) is 5. The van der Waals surface area contributed by atoms with Gasteiger partial charge in [0, 0.05) is 14.4 Å². The van der Waals surface area contributed by atoms with Crippen LogP contribution in [0.4, 0.5) is 15.9 Å². The standard InChI is InChI=1S/C11H13BrFN7O4S/c12-7-5-6(1-2-8(7)13)17-11(18-21)9-10(20-24-19-9)15-3-4-16-25(14,22)23/h1-2,5,16,21H,3-4H2,(H,15,20)(H,17,18)(H2,14,22,23)/i2D,4D. The number of nitrogens with two attached hydrogens (primary N) is 1. The van der Waals surface area contributed by atoms with Crippen molar-refractivity contribution >= 4 is 43.5 Å². The zero-order valence-corrected chi connectivity index (χ0v) is 14.6. The van der Waals surface area contributed by atoms with E-state index in [0.717, 1.165) is 6.07 Å². The minimum absolute atomic E-state index is 0.00576. The van der Waals surface area contributed by atoms with E-state index >= 15 is 0 Å². The molecule has 0 fully saturated rings. The van der Waals surface area contributed by atoms with Crippen molar-refractivity contribution in [2.75, 3.05) is 18.4 Å². The number of rotatable bonds is 7. The average molecular weight is 440 g/mol. The number of anilines is 1. The molecular weight excluding hydrogens is 425 g/mol. The van der Waals surface area contributed by atoms with Crippen molar-refractivity contribution in [1.29, 1.82) is 0 Å². The summed E-state index contributed by atoms with van der Waals surface area (Å²) in [6.07, 6.45) is 0. The highest BCUT2D eigenvalue weighted by Gasteiger charge is 2.16. The van der Waals surface area contributed by atoms with Crippen LogP contribution in [0.15, 0.2) is 32.3 Å². The number of nitrogens with one attached hydrogen (secondary N) is 3. The van der Waals surface area contributed by atoms with E-state index in [2.05, 4.69) is 41.2 Å². The Morgan fingerprint density at radius 3 is 3.00 bits per heavy atom. The van der Waals surface area contributed by atoms with E-state index in [1.165, 1.54) is 6.07 Å². The normalized spacial score (nSPS) is 14.6. The summed E-state index contributed by atoms with van der Waals surface area (Å²) < 4.78 is 56.6. The lowest BCUT2D eigenvalue weighted by Gasteiger charge is -2.06. The van der Waals surface area contributed by atoms with E-state index < -0.39 is 28.6 Å². The maximum absolute atomic E-state index is 13.5. The zero-order chi connectivity index (χ0) is 20.2. The molecule has 2 aromatic rings. The number of halogens is 2. The quantitative estimate of drug-likeness (QED) is 0.232. The third-order valence-electron chi connectivity index (χ3n) is 2.51. The SMILES string of the molecule is [2H]c1cc(N=C(NO)c2nonc2NCC([2H])NS(N)(=O)=O)cc(Br)c1F. The van der Waals surface area contributed by atoms with Gasteiger partial charge in [-0.3, -0.25) is 10.7 Å². The van der Waals surface area contributed by atoms with E-state index in [0.29, 0.717) is 0 Å². The van der Waals surface area contributed by atoms with E-state index in [1.807, 2.05) is 4.72 Å². The summed E-state index contributed by atoms with van der Waals surface area (Å²) in [4.78, 5) is 3.99. The van der Waals surface area contributed by atoms with E-state index in [-0.39, 0.29) is 34.1 Å². The van der Waals surface area contributed by atoms with Gasteiger partial charge in [0.05, 0.1) is 11.5 Å². The molecule has 0 aliphatic heterocycles. The minimum atomic E-state index is -4.06. The Balaban J connectivity index is 2.23. The second kappa shape index (κ2) is 8.30. The van der Waals surface area contributed by atoms with Crippen molar-refractivity contribution in [3.05, 3.63) is 34.2 Å². The van der Waals surface area contributed by atoms with Gasteiger partial charge in [0.15, 0.2) is 11.5 Å². The molecule has 0 saturated heterocycles. The van der Waals surface area contributed by atoms with Crippen LogP contribution in [-0.4, -0.2) is 42.8 Å². The largest absolute Gasteiger partial charge is 0.364 e. The van der Waals surface area contributed by atoms with Crippen LogP contribution >= 0.6 is 15.9 Å². The lowest BCUT2D eigenvalue weighted by molar-refractivity contribution is 0.234. The van der Waals surface area contributed by atoms with Crippen molar-refractivity contribution in [3.8, 4) is 0 Å². The number of nitrogens with zero attached hydrogens (tertiary/aromatic N) is 3. The summed E-state index contributed by atoms with van der Waals surface area (Å²) >= 11 is 2.94. The van der Waals surface area contributed by atoms with Crippen LogP contribution in [0, 0.1) is 5.82 Å². The van der Waals surface area contributed by atoms with Gasteiger partial charge in [-0.05, 0) is 44.4 Å². The van der Waals surface area contributed by atoms with Gasteiger partial charge in [-0.1, -0.05) is 0 Å². The van der Waals surface area contributed by atoms with E-state index in [4.69, 9.17) is 7.88 Å². The molecule has 25 heavy (non-hydrogen) atoms. The van der Waals surface area contributed by atoms with Crippen molar-refractivity contribution in [2.24, 2.45) is 10.1 Å². The molecule has 1 aromatic carbocycles. The second-order valence-electron chi connectivity index (χ2n) is 4.30. The fraction of sp³-hybridized carbons (Fsp3) is 0.182. The zero-order valence-electron chi connectivity index (χ0n) is 14.2. The van der Waals surface area contributed by atoms with Gasteiger partial charge in [0.2, 0.25) is 5.82 Å². The Labute approximate surface area is 152 Å². The highest BCUT2D eigenvalue weighted by molar-refractivity contribution is 9.10. The third-order valence-corrected chi connectivity index (χ3v) is 3.58. The summed E-state index contributed by atoms with van der Waals surface area (Å²) in [5, 5.41) is 23.7. The Hall–Kier alpha value is -2.13. The Kier molecular flexibility index (Phi) is 5.43. The van der Waals surface area contributed by atoms with Gasteiger partial charge in [-0.2, -0.15) is 8.42 Å². The minimum Gasteiger partial charge on any atom is -0.364 e. The molecule has 6 N–H and O–H groups in total. The van der Waals surface area contributed by atoms with Gasteiger partial charge < -0.3 is 5.32 Å². The predicted octanol–water partition coefficient (Wildman–Crippen LogP) is 0.233. The van der Waals surface area contributed by atoms with Crippen LogP contribution in [0.2, 0.25) is 0 Å². The van der Waals surface area contributed by atoms with Crippen LogP contribution in [-0.2, 0) is 10.2 Å². The summed E-state index contributed by atoms with van der Waals surface area (Å²) in [5.41, 5.74) is 1.76. The summed E-state index contributed by atoms with van der Waals surface area (Å²) in [5.74, 6) is -1.12. The van der Waals surface area contributed by atoms with Gasteiger partial charge in [-0.15, -0.1) is 0 Å². The number of benzene rings is 1. The second-order valence-corrected chi connectivity index (χ2v) is 6.48. The van der Waals surface area contributed by atoms with Crippen molar-refractivity contribution < 1.29 is 25.4 Å². The molecule has 1 atom stereocenters. The number of hydroxylamine groups is 1. The Morgan fingerprint density at radius 1 is 1.60 bits per heavy atom. The molecular formula is C11H13BrFN7O4S. The van der Waals surface area contributed by atoms with Gasteiger partial charge in [0.1, 0.15) is 5.82 Å². The highest BCUT2D eigenvalue weighted by atomic mass is 79.9. The molecule has 0 spiro atoms. The molecule has 0 radical (unpaired) electrons. The smallest absolute Gasteiger partial charge is 0.274 e. The predicted molar refractivity (Wildman–Crippen MR) is 89.1 cm³/mol. The maximum Gasteiger partial charge on any atom is 0.274 e. The first kappa shape index (κ1) is 16.3. The molecule has 0 amide bonds. The lowest BCUT2D eigenvalue weighted by Crippen LogP contribution is -2.34. The van der Waals surface area contributed by atoms with Crippen LogP contribution in [0.1, 0.15) is 8.44 Å². The number of amidine groups is 1. The van der Waals surface area contributed by atoms with Gasteiger partial charge in [-0.25, -0.2) is 23.9 Å². The Bertz CT molecular complexity index is 935. The first-order valence-corrected chi connectivity index (χ1v) is 8.68. The maximum atomic E-state index is 13.5. The fourth-order valence-corrected chi connectivity index (χ4v) is 2.20. The third kappa shape index (κ3) is 5.71. The van der Waals surface area contributed by atoms with E-state index in [9.17, 15) is 18.0 Å². The van der Waals surface area contributed by atoms with E-state index in [1.54, 1.807) is 5.48 Å². The molecule has 0 saturated carbocycles. The summed E-state index contributed by atoms with van der Waals surface area (Å²) in [6, 6.07) is 1.94. The van der Waals surface area contributed by atoms with Crippen LogP contribution in [0.3, 0.4) is 0 Å². The van der Waals surface area contributed by atoms with Crippen molar-refractivity contribution in [3.63, 3.8) is 0 Å². The van der Waals surface area contributed by atoms with Gasteiger partial charge >= 0.3 is 0 Å².